The van der Waals surface area contributed by atoms with Gasteiger partial charge < -0.3 is 15.0 Å². The largest absolute Gasteiger partial charge is 0.376 e. The molecule has 6 nitrogen and oxygen atoms in total. The number of amides is 1. The third kappa shape index (κ3) is 2.72. The van der Waals surface area contributed by atoms with Gasteiger partial charge in [-0.1, -0.05) is 23.7 Å². The van der Waals surface area contributed by atoms with Gasteiger partial charge in [-0.05, 0) is 24.1 Å². The Morgan fingerprint density at radius 2 is 2.12 bits per heavy atom. The highest BCUT2D eigenvalue weighted by molar-refractivity contribution is 6.30. The van der Waals surface area contributed by atoms with E-state index < -0.39 is 0 Å². The molecule has 2 fully saturated rings. The molecule has 0 bridgehead atoms. The monoisotopic (exact) mass is 344 g/mol. The van der Waals surface area contributed by atoms with Crippen molar-refractivity contribution < 1.29 is 9.53 Å². The first kappa shape index (κ1) is 15.4. The molecule has 0 aliphatic carbocycles. The molecule has 1 spiro atoms. The van der Waals surface area contributed by atoms with Gasteiger partial charge in [-0.3, -0.25) is 4.79 Å². The summed E-state index contributed by atoms with van der Waals surface area (Å²) in [6, 6.07) is 7.59. The summed E-state index contributed by atoms with van der Waals surface area (Å²) in [5, 5.41) is 3.82. The van der Waals surface area contributed by atoms with Crippen LogP contribution in [0.1, 0.15) is 22.3 Å². The topological polar surface area (TPSA) is 67.4 Å². The van der Waals surface area contributed by atoms with Crippen molar-refractivity contribution in [3.05, 3.63) is 52.8 Å². The molecule has 1 N–H and O–H groups in total. The number of aromatic nitrogens is 2. The van der Waals surface area contributed by atoms with Crippen molar-refractivity contribution in [3.8, 4) is 0 Å². The van der Waals surface area contributed by atoms with Crippen LogP contribution < -0.4 is 5.32 Å². The van der Waals surface area contributed by atoms with E-state index in [1.54, 1.807) is 12.4 Å². The number of ether oxygens (including phenoxy) is 1. The maximum absolute atomic E-state index is 12.5. The zero-order valence-electron chi connectivity index (χ0n) is 13.0. The molecule has 24 heavy (non-hydrogen) atoms. The van der Waals surface area contributed by atoms with Crippen LogP contribution in [0.3, 0.4) is 0 Å². The zero-order valence-corrected chi connectivity index (χ0v) is 13.8. The van der Waals surface area contributed by atoms with E-state index in [-0.39, 0.29) is 11.4 Å². The second-order valence-electron chi connectivity index (χ2n) is 6.20. The number of carbonyl (C=O) groups is 1. The van der Waals surface area contributed by atoms with Gasteiger partial charge in [0.15, 0.2) is 0 Å². The Morgan fingerprint density at radius 3 is 2.71 bits per heavy atom. The fourth-order valence-corrected chi connectivity index (χ4v) is 3.22. The molecule has 0 atom stereocenters. The molecule has 3 heterocycles. The van der Waals surface area contributed by atoms with Gasteiger partial charge in [0.25, 0.3) is 5.91 Å². The van der Waals surface area contributed by atoms with Crippen molar-refractivity contribution in [2.75, 3.05) is 25.1 Å². The second kappa shape index (κ2) is 6.03. The van der Waals surface area contributed by atoms with E-state index >= 15 is 0 Å². The molecule has 1 amide bonds. The molecular formula is C17H17ClN4O2. The highest BCUT2D eigenvalue weighted by atomic mass is 35.5. The molecule has 0 unspecified atom stereocenters. The van der Waals surface area contributed by atoms with Crippen LogP contribution >= 0.6 is 11.6 Å². The van der Waals surface area contributed by atoms with E-state index in [0.29, 0.717) is 36.3 Å². The highest BCUT2D eigenvalue weighted by Gasteiger charge is 2.53. The molecular weight excluding hydrogens is 328 g/mol. The smallest absolute Gasteiger partial charge is 0.257 e. The van der Waals surface area contributed by atoms with Gasteiger partial charge >= 0.3 is 0 Å². The van der Waals surface area contributed by atoms with Gasteiger partial charge in [0.05, 0.1) is 24.3 Å². The Labute approximate surface area is 144 Å². The van der Waals surface area contributed by atoms with Gasteiger partial charge in [-0.15, -0.1) is 0 Å². The van der Waals surface area contributed by atoms with Crippen molar-refractivity contribution in [1.29, 1.82) is 0 Å². The van der Waals surface area contributed by atoms with Crippen molar-refractivity contribution >= 4 is 23.5 Å². The number of nitrogens with zero attached hydrogens (tertiary/aromatic N) is 3. The van der Waals surface area contributed by atoms with E-state index in [0.717, 1.165) is 18.5 Å². The summed E-state index contributed by atoms with van der Waals surface area (Å²) < 4.78 is 5.25. The summed E-state index contributed by atoms with van der Waals surface area (Å²) in [5.74, 6) is 0.461. The molecule has 7 heteroatoms. The standard InChI is InChI=1S/C17H17ClN4O2/c18-14-3-1-2-12(6-14)7-19-16-20-8-13(9-21-16)15(23)22-5-4-17(22)10-24-11-17/h1-3,6,8-9H,4-5,7,10-11H2,(H,19,20,21). The summed E-state index contributed by atoms with van der Waals surface area (Å²) in [4.78, 5) is 22.9. The van der Waals surface area contributed by atoms with Crippen LogP contribution in [0.2, 0.25) is 5.02 Å². The Morgan fingerprint density at radius 1 is 1.33 bits per heavy atom. The summed E-state index contributed by atoms with van der Waals surface area (Å²) in [6.07, 6.45) is 4.15. The molecule has 124 valence electrons. The SMILES string of the molecule is O=C(c1cnc(NCc2cccc(Cl)c2)nc1)N1CCC12COC2. The molecule has 1 aromatic carbocycles. The van der Waals surface area contributed by atoms with E-state index in [1.807, 2.05) is 29.2 Å². The van der Waals surface area contributed by atoms with E-state index in [9.17, 15) is 4.79 Å². The van der Waals surface area contributed by atoms with E-state index in [2.05, 4.69) is 15.3 Å². The predicted molar refractivity (Wildman–Crippen MR) is 90.0 cm³/mol. The predicted octanol–water partition coefficient (Wildman–Crippen LogP) is 2.36. The maximum Gasteiger partial charge on any atom is 0.257 e. The molecule has 2 aromatic rings. The third-order valence-corrected chi connectivity index (χ3v) is 4.83. The van der Waals surface area contributed by atoms with Crippen molar-refractivity contribution in [1.82, 2.24) is 14.9 Å². The molecule has 4 rings (SSSR count). The lowest BCUT2D eigenvalue weighted by atomic mass is 9.82. The maximum atomic E-state index is 12.5. The lowest BCUT2D eigenvalue weighted by molar-refractivity contribution is -0.172. The van der Waals surface area contributed by atoms with Gasteiger partial charge in [0, 0.05) is 30.5 Å². The van der Waals surface area contributed by atoms with Gasteiger partial charge in [-0.2, -0.15) is 0 Å². The van der Waals surface area contributed by atoms with Crippen LogP contribution in [0.4, 0.5) is 5.95 Å². The van der Waals surface area contributed by atoms with Crippen molar-refractivity contribution in [3.63, 3.8) is 0 Å². The Kier molecular flexibility index (Phi) is 3.86. The highest BCUT2D eigenvalue weighted by Crippen LogP contribution is 2.38. The zero-order chi connectivity index (χ0) is 16.6. The number of anilines is 1. The van der Waals surface area contributed by atoms with Crippen LogP contribution in [0, 0.1) is 0 Å². The minimum Gasteiger partial charge on any atom is -0.376 e. The average molecular weight is 345 g/mol. The average Bonchev–Trinajstić information content (AvgIpc) is 2.51. The first-order valence-electron chi connectivity index (χ1n) is 7.86. The summed E-state index contributed by atoms with van der Waals surface area (Å²) in [5.41, 5.74) is 1.48. The first-order chi connectivity index (χ1) is 11.7. The molecule has 1 aromatic heterocycles. The lowest BCUT2D eigenvalue weighted by Gasteiger charge is -2.57. The molecule has 0 radical (unpaired) electrons. The van der Waals surface area contributed by atoms with E-state index in [1.165, 1.54) is 0 Å². The fourth-order valence-electron chi connectivity index (χ4n) is 3.01. The van der Waals surface area contributed by atoms with Gasteiger partial charge in [0.1, 0.15) is 0 Å². The number of hydrogen-bond acceptors (Lipinski definition) is 5. The quantitative estimate of drug-likeness (QED) is 0.922. The second-order valence-corrected chi connectivity index (χ2v) is 6.64. The Balaban J connectivity index is 1.38. The lowest BCUT2D eigenvalue weighted by Crippen LogP contribution is -2.72. The van der Waals surface area contributed by atoms with Crippen LogP contribution in [0.15, 0.2) is 36.7 Å². The van der Waals surface area contributed by atoms with Crippen LogP contribution in [-0.4, -0.2) is 46.1 Å². The number of benzene rings is 1. The number of carbonyl (C=O) groups excluding carboxylic acids is 1. The van der Waals surface area contributed by atoms with Gasteiger partial charge in [-0.25, -0.2) is 9.97 Å². The molecule has 2 saturated heterocycles. The third-order valence-electron chi connectivity index (χ3n) is 4.60. The minimum absolute atomic E-state index is 0.0223. The molecule has 0 saturated carbocycles. The number of hydrogen-bond donors (Lipinski definition) is 1. The number of halogens is 1. The number of likely N-dealkylation sites (tertiary alicyclic amines) is 1. The summed E-state index contributed by atoms with van der Waals surface area (Å²) >= 11 is 5.96. The summed E-state index contributed by atoms with van der Waals surface area (Å²) in [7, 11) is 0. The number of rotatable bonds is 4. The van der Waals surface area contributed by atoms with Crippen LogP contribution in [-0.2, 0) is 11.3 Å². The number of nitrogens with one attached hydrogen (secondary N) is 1. The molecule has 2 aliphatic heterocycles. The normalized spacial score (nSPS) is 18.0. The fraction of sp³-hybridized carbons (Fsp3) is 0.353. The summed E-state index contributed by atoms with van der Waals surface area (Å²) in [6.45, 7) is 2.62. The van der Waals surface area contributed by atoms with Crippen LogP contribution in [0.25, 0.3) is 0 Å². The van der Waals surface area contributed by atoms with Crippen molar-refractivity contribution in [2.45, 2.75) is 18.5 Å². The van der Waals surface area contributed by atoms with Crippen LogP contribution in [0.5, 0.6) is 0 Å². The van der Waals surface area contributed by atoms with Gasteiger partial charge in [0.2, 0.25) is 5.95 Å². The van der Waals surface area contributed by atoms with Crippen molar-refractivity contribution in [2.24, 2.45) is 0 Å². The Bertz CT molecular complexity index is 756. The Hall–Kier alpha value is -2.18. The van der Waals surface area contributed by atoms with E-state index in [4.69, 9.17) is 16.3 Å². The minimum atomic E-state index is -0.0689. The molecule has 2 aliphatic rings. The first-order valence-corrected chi connectivity index (χ1v) is 8.24.